The number of para-hydroxylation sites is 1. The summed E-state index contributed by atoms with van der Waals surface area (Å²) in [7, 11) is 0. The maximum absolute atomic E-state index is 13.4. The second-order valence-electron chi connectivity index (χ2n) is 4.79. The van der Waals surface area contributed by atoms with Crippen molar-refractivity contribution in [1.82, 2.24) is 0 Å². The molecule has 0 saturated heterocycles. The first kappa shape index (κ1) is 15.0. The number of hydrogen-bond acceptors (Lipinski definition) is 1. The summed E-state index contributed by atoms with van der Waals surface area (Å²) in [5.74, 6) is -0.212. The number of anilines is 1. The molecular formula is C17H19BrFN. The molecule has 0 unspecified atom stereocenters. The van der Waals surface area contributed by atoms with Crippen molar-refractivity contribution >= 4 is 21.6 Å². The van der Waals surface area contributed by atoms with Crippen LogP contribution in [0.5, 0.6) is 0 Å². The maximum Gasteiger partial charge on any atom is 0.124 e. The summed E-state index contributed by atoms with van der Waals surface area (Å²) >= 11 is 3.33. The average Bonchev–Trinajstić information content (AvgIpc) is 2.43. The van der Waals surface area contributed by atoms with Gasteiger partial charge in [-0.05, 0) is 47.7 Å². The molecule has 0 aliphatic heterocycles. The van der Waals surface area contributed by atoms with Crippen molar-refractivity contribution < 1.29 is 4.39 Å². The van der Waals surface area contributed by atoms with E-state index < -0.39 is 0 Å². The SMILES string of the molecule is CCc1cccc(CC)c1NCc1cc(F)cc(Br)c1. The van der Waals surface area contributed by atoms with Gasteiger partial charge in [0, 0.05) is 16.7 Å². The van der Waals surface area contributed by atoms with Crippen molar-refractivity contribution in [3.63, 3.8) is 0 Å². The van der Waals surface area contributed by atoms with Crippen LogP contribution >= 0.6 is 15.9 Å². The number of nitrogens with one attached hydrogen (secondary N) is 1. The van der Waals surface area contributed by atoms with Crippen LogP contribution in [0.4, 0.5) is 10.1 Å². The van der Waals surface area contributed by atoms with Crippen LogP contribution in [0.3, 0.4) is 0 Å². The van der Waals surface area contributed by atoms with E-state index in [4.69, 9.17) is 0 Å². The molecule has 0 spiro atoms. The molecule has 0 aliphatic carbocycles. The second-order valence-corrected chi connectivity index (χ2v) is 5.71. The highest BCUT2D eigenvalue weighted by atomic mass is 79.9. The van der Waals surface area contributed by atoms with E-state index in [9.17, 15) is 4.39 Å². The Morgan fingerprint density at radius 1 is 1.05 bits per heavy atom. The van der Waals surface area contributed by atoms with E-state index in [1.165, 1.54) is 22.9 Å². The topological polar surface area (TPSA) is 12.0 Å². The highest BCUT2D eigenvalue weighted by Crippen LogP contribution is 2.24. The fourth-order valence-electron chi connectivity index (χ4n) is 2.37. The van der Waals surface area contributed by atoms with E-state index in [2.05, 4.69) is 53.3 Å². The highest BCUT2D eigenvalue weighted by molar-refractivity contribution is 9.10. The van der Waals surface area contributed by atoms with Crippen LogP contribution in [0.15, 0.2) is 40.9 Å². The number of hydrogen-bond donors (Lipinski definition) is 1. The van der Waals surface area contributed by atoms with Gasteiger partial charge in [-0.25, -0.2) is 4.39 Å². The van der Waals surface area contributed by atoms with E-state index in [1.807, 2.05) is 6.07 Å². The lowest BCUT2D eigenvalue weighted by Crippen LogP contribution is -2.05. The summed E-state index contributed by atoms with van der Waals surface area (Å²) in [6.45, 7) is 4.93. The van der Waals surface area contributed by atoms with Crippen LogP contribution in [-0.4, -0.2) is 0 Å². The van der Waals surface area contributed by atoms with Crippen LogP contribution in [0, 0.1) is 5.82 Å². The lowest BCUT2D eigenvalue weighted by molar-refractivity contribution is 0.625. The molecular weight excluding hydrogens is 317 g/mol. The number of halogens is 2. The molecule has 106 valence electrons. The van der Waals surface area contributed by atoms with Gasteiger partial charge in [0.1, 0.15) is 5.82 Å². The van der Waals surface area contributed by atoms with Gasteiger partial charge in [-0.15, -0.1) is 0 Å². The summed E-state index contributed by atoms with van der Waals surface area (Å²) in [6, 6.07) is 11.4. The first-order chi connectivity index (χ1) is 9.63. The average molecular weight is 336 g/mol. The standard InChI is InChI=1S/C17H19BrFN/c1-3-13-6-5-7-14(4-2)17(13)20-11-12-8-15(18)10-16(19)9-12/h5-10,20H,3-4,11H2,1-2H3. The monoisotopic (exact) mass is 335 g/mol. The van der Waals surface area contributed by atoms with E-state index in [-0.39, 0.29) is 5.82 Å². The smallest absolute Gasteiger partial charge is 0.124 e. The Bertz CT molecular complexity index is 553. The predicted octanol–water partition coefficient (Wildman–Crippen LogP) is 5.33. The van der Waals surface area contributed by atoms with E-state index >= 15 is 0 Å². The van der Waals surface area contributed by atoms with Crippen LogP contribution in [0.2, 0.25) is 0 Å². The minimum atomic E-state index is -0.212. The van der Waals surface area contributed by atoms with Crippen molar-refractivity contribution in [3.8, 4) is 0 Å². The molecule has 2 aromatic carbocycles. The van der Waals surface area contributed by atoms with Crippen molar-refractivity contribution in [2.24, 2.45) is 0 Å². The van der Waals surface area contributed by atoms with Gasteiger partial charge in [0.25, 0.3) is 0 Å². The van der Waals surface area contributed by atoms with Gasteiger partial charge in [0.2, 0.25) is 0 Å². The van der Waals surface area contributed by atoms with Crippen LogP contribution in [-0.2, 0) is 19.4 Å². The van der Waals surface area contributed by atoms with E-state index in [0.29, 0.717) is 6.54 Å². The Morgan fingerprint density at radius 3 is 2.25 bits per heavy atom. The van der Waals surface area contributed by atoms with Crippen molar-refractivity contribution in [3.05, 3.63) is 63.4 Å². The molecule has 20 heavy (non-hydrogen) atoms. The van der Waals surface area contributed by atoms with Crippen molar-refractivity contribution in [2.45, 2.75) is 33.2 Å². The zero-order valence-corrected chi connectivity index (χ0v) is 13.4. The lowest BCUT2D eigenvalue weighted by Gasteiger charge is -2.15. The number of rotatable bonds is 5. The number of benzene rings is 2. The molecule has 0 amide bonds. The molecule has 0 radical (unpaired) electrons. The third-order valence-corrected chi connectivity index (χ3v) is 3.85. The molecule has 0 fully saturated rings. The molecule has 0 atom stereocenters. The quantitative estimate of drug-likeness (QED) is 0.779. The molecule has 1 nitrogen and oxygen atoms in total. The summed E-state index contributed by atoms with van der Waals surface area (Å²) < 4.78 is 14.2. The van der Waals surface area contributed by atoms with Gasteiger partial charge in [-0.2, -0.15) is 0 Å². The van der Waals surface area contributed by atoms with Gasteiger partial charge in [-0.1, -0.05) is 48.0 Å². The van der Waals surface area contributed by atoms with Gasteiger partial charge in [-0.3, -0.25) is 0 Å². The zero-order valence-electron chi connectivity index (χ0n) is 11.8. The zero-order chi connectivity index (χ0) is 14.5. The third-order valence-electron chi connectivity index (χ3n) is 3.39. The third kappa shape index (κ3) is 3.60. The molecule has 2 aromatic rings. The summed E-state index contributed by atoms with van der Waals surface area (Å²) in [6.07, 6.45) is 1.98. The minimum absolute atomic E-state index is 0.212. The fourth-order valence-corrected chi connectivity index (χ4v) is 2.89. The Kier molecular flexibility index (Phi) is 5.18. The summed E-state index contributed by atoms with van der Waals surface area (Å²) in [4.78, 5) is 0. The summed E-state index contributed by atoms with van der Waals surface area (Å²) in [5, 5.41) is 3.47. The van der Waals surface area contributed by atoms with Gasteiger partial charge < -0.3 is 5.32 Å². The fraction of sp³-hybridized carbons (Fsp3) is 0.294. The summed E-state index contributed by atoms with van der Waals surface area (Å²) in [5.41, 5.74) is 4.74. The second kappa shape index (κ2) is 6.89. The Labute approximate surface area is 128 Å². The van der Waals surface area contributed by atoms with Crippen molar-refractivity contribution in [2.75, 3.05) is 5.32 Å². The molecule has 3 heteroatoms. The molecule has 0 aliphatic rings. The first-order valence-electron chi connectivity index (χ1n) is 6.93. The molecule has 0 bridgehead atoms. The van der Waals surface area contributed by atoms with Gasteiger partial charge >= 0.3 is 0 Å². The van der Waals surface area contributed by atoms with Crippen molar-refractivity contribution in [1.29, 1.82) is 0 Å². The first-order valence-corrected chi connectivity index (χ1v) is 7.73. The maximum atomic E-state index is 13.4. The van der Waals surface area contributed by atoms with Gasteiger partial charge in [0.15, 0.2) is 0 Å². The molecule has 0 saturated carbocycles. The molecule has 0 heterocycles. The van der Waals surface area contributed by atoms with E-state index in [1.54, 1.807) is 6.07 Å². The minimum Gasteiger partial charge on any atom is -0.381 e. The van der Waals surface area contributed by atoms with Crippen LogP contribution < -0.4 is 5.32 Å². The Balaban J connectivity index is 2.22. The molecule has 2 rings (SSSR count). The Hall–Kier alpha value is -1.35. The van der Waals surface area contributed by atoms with Crippen LogP contribution in [0.25, 0.3) is 0 Å². The molecule has 0 aromatic heterocycles. The number of aryl methyl sites for hydroxylation is 2. The highest BCUT2D eigenvalue weighted by Gasteiger charge is 2.06. The van der Waals surface area contributed by atoms with Crippen LogP contribution in [0.1, 0.15) is 30.5 Å². The Morgan fingerprint density at radius 2 is 1.70 bits per heavy atom. The normalized spacial score (nSPS) is 10.6. The lowest BCUT2D eigenvalue weighted by atomic mass is 10.0. The molecule has 1 N–H and O–H groups in total. The predicted molar refractivity (Wildman–Crippen MR) is 86.6 cm³/mol. The van der Waals surface area contributed by atoms with Gasteiger partial charge in [0.05, 0.1) is 0 Å². The van der Waals surface area contributed by atoms with E-state index in [0.717, 1.165) is 22.9 Å². The largest absolute Gasteiger partial charge is 0.381 e.